The predicted molar refractivity (Wildman–Crippen MR) is 88.6 cm³/mol. The lowest BCUT2D eigenvalue weighted by Crippen LogP contribution is -2.46. The number of benzene rings is 1. The van der Waals surface area contributed by atoms with Gasteiger partial charge in [-0.05, 0) is 43.8 Å². The van der Waals surface area contributed by atoms with Crippen molar-refractivity contribution >= 4 is 5.91 Å². The van der Waals surface area contributed by atoms with Crippen LogP contribution in [0.5, 0.6) is 5.75 Å². The first-order valence-electron chi connectivity index (χ1n) is 8.46. The molecule has 0 atom stereocenters. The minimum absolute atomic E-state index is 0.297. The molecular weight excluding hydrogens is 335 g/mol. The second kappa shape index (κ2) is 9.05. The summed E-state index contributed by atoms with van der Waals surface area (Å²) in [6.45, 7) is 8.95. The molecule has 25 heavy (non-hydrogen) atoms. The van der Waals surface area contributed by atoms with Crippen molar-refractivity contribution in [3.8, 4) is 5.75 Å². The van der Waals surface area contributed by atoms with Gasteiger partial charge in [-0.15, -0.1) is 13.2 Å². The Bertz CT molecular complexity index is 541. The Kier molecular flexibility index (Phi) is 7.07. The maximum atomic E-state index is 12.1. The first kappa shape index (κ1) is 19.5. The lowest BCUT2D eigenvalue weighted by atomic mass is 10.2. The van der Waals surface area contributed by atoms with Gasteiger partial charge in [0.15, 0.2) is 0 Å². The van der Waals surface area contributed by atoms with Crippen molar-refractivity contribution in [2.24, 2.45) is 0 Å². The second-order valence-electron chi connectivity index (χ2n) is 5.96. The van der Waals surface area contributed by atoms with E-state index in [1.165, 1.54) is 12.1 Å². The summed E-state index contributed by atoms with van der Waals surface area (Å²) in [5.41, 5.74) is 0.311. The molecule has 8 heteroatoms. The Hall–Kier alpha value is -1.80. The molecule has 2 rings (SSSR count). The number of ether oxygens (including phenoxy) is 1. The number of rotatable bonds is 7. The maximum Gasteiger partial charge on any atom is 0.573 e. The number of piperazine rings is 1. The van der Waals surface area contributed by atoms with Crippen LogP contribution in [0, 0.1) is 0 Å². The topological polar surface area (TPSA) is 44.8 Å². The van der Waals surface area contributed by atoms with Crippen LogP contribution in [0.2, 0.25) is 0 Å². The second-order valence-corrected chi connectivity index (χ2v) is 5.96. The third-order valence-electron chi connectivity index (χ3n) is 4.20. The van der Waals surface area contributed by atoms with E-state index in [0.29, 0.717) is 12.1 Å². The molecule has 0 spiro atoms. The average Bonchev–Trinajstić information content (AvgIpc) is 2.58. The molecule has 1 aliphatic heterocycles. The maximum absolute atomic E-state index is 12.1. The number of nitrogens with zero attached hydrogens (tertiary/aromatic N) is 2. The first-order chi connectivity index (χ1) is 11.9. The average molecular weight is 359 g/mol. The Labute approximate surface area is 145 Å². The highest BCUT2D eigenvalue weighted by molar-refractivity contribution is 5.94. The van der Waals surface area contributed by atoms with Crippen molar-refractivity contribution in [1.29, 1.82) is 0 Å². The minimum atomic E-state index is -4.73. The SMILES string of the molecule is CCN1CCN(CCCNC(=O)c2ccc(OC(F)(F)F)cc2)CC1. The molecule has 1 heterocycles. The molecule has 1 N–H and O–H groups in total. The van der Waals surface area contributed by atoms with Gasteiger partial charge in [0.05, 0.1) is 0 Å². The van der Waals surface area contributed by atoms with Gasteiger partial charge in [-0.3, -0.25) is 4.79 Å². The molecule has 1 aromatic carbocycles. The van der Waals surface area contributed by atoms with E-state index in [2.05, 4.69) is 26.8 Å². The fraction of sp³-hybridized carbons (Fsp3) is 0.588. The summed E-state index contributed by atoms with van der Waals surface area (Å²) >= 11 is 0. The number of likely N-dealkylation sites (N-methyl/N-ethyl adjacent to an activating group) is 1. The van der Waals surface area contributed by atoms with Crippen LogP contribution in [0.3, 0.4) is 0 Å². The van der Waals surface area contributed by atoms with Gasteiger partial charge >= 0.3 is 6.36 Å². The standard InChI is InChI=1S/C17H24F3N3O2/c1-2-22-10-12-23(13-11-22)9-3-8-21-16(24)14-4-6-15(7-5-14)25-17(18,19)20/h4-7H,2-3,8-13H2,1H3,(H,21,24). The van der Waals surface area contributed by atoms with Gasteiger partial charge in [-0.1, -0.05) is 6.92 Å². The molecule has 5 nitrogen and oxygen atoms in total. The fourth-order valence-corrected chi connectivity index (χ4v) is 2.74. The summed E-state index contributed by atoms with van der Waals surface area (Å²) in [4.78, 5) is 16.8. The highest BCUT2D eigenvalue weighted by Crippen LogP contribution is 2.22. The Balaban J connectivity index is 1.67. The number of carbonyl (C=O) groups is 1. The van der Waals surface area contributed by atoms with Gasteiger partial charge in [-0.25, -0.2) is 0 Å². The summed E-state index contributed by atoms with van der Waals surface area (Å²) in [5, 5.41) is 2.79. The van der Waals surface area contributed by atoms with Crippen LogP contribution in [0.1, 0.15) is 23.7 Å². The highest BCUT2D eigenvalue weighted by Gasteiger charge is 2.31. The van der Waals surface area contributed by atoms with Crippen molar-refractivity contribution in [3.05, 3.63) is 29.8 Å². The quantitative estimate of drug-likeness (QED) is 0.759. The minimum Gasteiger partial charge on any atom is -0.406 e. The van der Waals surface area contributed by atoms with Gasteiger partial charge in [-0.2, -0.15) is 0 Å². The highest BCUT2D eigenvalue weighted by atomic mass is 19.4. The fourth-order valence-electron chi connectivity index (χ4n) is 2.74. The molecule has 1 amide bonds. The number of nitrogens with one attached hydrogen (secondary N) is 1. The van der Waals surface area contributed by atoms with E-state index in [0.717, 1.165) is 57.8 Å². The zero-order valence-corrected chi connectivity index (χ0v) is 14.3. The van der Waals surface area contributed by atoms with E-state index in [-0.39, 0.29) is 11.7 Å². The number of alkyl halides is 3. The molecular formula is C17H24F3N3O2. The van der Waals surface area contributed by atoms with Crippen LogP contribution in [0.25, 0.3) is 0 Å². The van der Waals surface area contributed by atoms with Gasteiger partial charge in [0, 0.05) is 38.3 Å². The lowest BCUT2D eigenvalue weighted by molar-refractivity contribution is -0.274. The molecule has 0 bridgehead atoms. The van der Waals surface area contributed by atoms with Crippen molar-refractivity contribution in [3.63, 3.8) is 0 Å². The molecule has 0 saturated carbocycles. The van der Waals surface area contributed by atoms with Crippen LogP contribution in [0.4, 0.5) is 13.2 Å². The van der Waals surface area contributed by atoms with Crippen molar-refractivity contribution in [2.75, 3.05) is 45.8 Å². The predicted octanol–water partition coefficient (Wildman–Crippen LogP) is 2.34. The third-order valence-corrected chi connectivity index (χ3v) is 4.20. The molecule has 0 unspecified atom stereocenters. The largest absolute Gasteiger partial charge is 0.573 e. The molecule has 1 saturated heterocycles. The summed E-state index contributed by atoms with van der Waals surface area (Å²) in [5.74, 6) is -0.635. The number of hydrogen-bond acceptors (Lipinski definition) is 4. The van der Waals surface area contributed by atoms with E-state index >= 15 is 0 Å². The number of halogens is 3. The molecule has 0 aliphatic carbocycles. The first-order valence-corrected chi connectivity index (χ1v) is 8.46. The Morgan fingerprint density at radius 1 is 1.12 bits per heavy atom. The molecule has 0 aromatic heterocycles. The van der Waals surface area contributed by atoms with Gasteiger partial charge in [0.1, 0.15) is 5.75 Å². The summed E-state index contributed by atoms with van der Waals surface area (Å²) < 4.78 is 40.1. The van der Waals surface area contributed by atoms with Crippen LogP contribution in [-0.2, 0) is 0 Å². The number of carbonyl (C=O) groups excluding carboxylic acids is 1. The van der Waals surface area contributed by atoms with Crippen molar-refractivity contribution in [1.82, 2.24) is 15.1 Å². The van der Waals surface area contributed by atoms with Gasteiger partial charge in [0.25, 0.3) is 5.91 Å². The van der Waals surface area contributed by atoms with Crippen molar-refractivity contribution < 1.29 is 22.7 Å². The summed E-state index contributed by atoms with van der Waals surface area (Å²) in [6.07, 6.45) is -3.89. The van der Waals surface area contributed by atoms with Crippen molar-refractivity contribution in [2.45, 2.75) is 19.7 Å². The lowest BCUT2D eigenvalue weighted by Gasteiger charge is -2.33. The van der Waals surface area contributed by atoms with E-state index in [9.17, 15) is 18.0 Å². The molecule has 1 aromatic rings. The molecule has 140 valence electrons. The van der Waals surface area contributed by atoms with Gasteiger partial charge < -0.3 is 19.9 Å². The van der Waals surface area contributed by atoms with E-state index < -0.39 is 6.36 Å². The Morgan fingerprint density at radius 3 is 2.28 bits per heavy atom. The Morgan fingerprint density at radius 2 is 1.72 bits per heavy atom. The number of hydrogen-bond donors (Lipinski definition) is 1. The molecule has 1 fully saturated rings. The normalized spacial score (nSPS) is 16.6. The van der Waals surface area contributed by atoms with Crippen LogP contribution in [-0.4, -0.2) is 67.9 Å². The zero-order valence-electron chi connectivity index (χ0n) is 14.3. The molecule has 1 aliphatic rings. The van der Waals surface area contributed by atoms with E-state index in [1.807, 2.05) is 0 Å². The third kappa shape index (κ3) is 6.91. The summed E-state index contributed by atoms with van der Waals surface area (Å²) in [7, 11) is 0. The van der Waals surface area contributed by atoms with Crippen LogP contribution < -0.4 is 10.1 Å². The monoisotopic (exact) mass is 359 g/mol. The van der Waals surface area contributed by atoms with Gasteiger partial charge in [0.2, 0.25) is 0 Å². The zero-order chi connectivity index (χ0) is 18.3. The number of amides is 1. The van der Waals surface area contributed by atoms with E-state index in [4.69, 9.17) is 0 Å². The van der Waals surface area contributed by atoms with E-state index in [1.54, 1.807) is 0 Å². The van der Waals surface area contributed by atoms with Crippen LogP contribution >= 0.6 is 0 Å². The smallest absolute Gasteiger partial charge is 0.406 e. The summed E-state index contributed by atoms with van der Waals surface area (Å²) in [6, 6.07) is 4.91. The molecule has 0 radical (unpaired) electrons. The van der Waals surface area contributed by atoms with Crippen LogP contribution in [0.15, 0.2) is 24.3 Å².